The number of rotatable bonds is 3. The van der Waals surface area contributed by atoms with Gasteiger partial charge in [-0.25, -0.2) is 4.98 Å². The van der Waals surface area contributed by atoms with Gasteiger partial charge in [0, 0.05) is 44.6 Å². The van der Waals surface area contributed by atoms with Gasteiger partial charge in [-0.05, 0) is 12.1 Å². The predicted molar refractivity (Wildman–Crippen MR) is 70.0 cm³/mol. The van der Waals surface area contributed by atoms with Crippen LogP contribution in [0.2, 0.25) is 0 Å². The summed E-state index contributed by atoms with van der Waals surface area (Å²) < 4.78 is 0. The summed E-state index contributed by atoms with van der Waals surface area (Å²) in [5.74, 6) is 0.848. The van der Waals surface area contributed by atoms with Crippen LogP contribution >= 0.6 is 0 Å². The van der Waals surface area contributed by atoms with E-state index in [1.165, 1.54) is 0 Å². The van der Waals surface area contributed by atoms with Gasteiger partial charge in [-0.3, -0.25) is 9.88 Å². The maximum atomic E-state index is 4.39. The Labute approximate surface area is 106 Å². The topological polar surface area (TPSA) is 56.8 Å². The Morgan fingerprint density at radius 2 is 2.06 bits per heavy atom. The zero-order valence-corrected chi connectivity index (χ0v) is 10.3. The lowest BCUT2D eigenvalue weighted by Crippen LogP contribution is -2.42. The first-order chi connectivity index (χ1) is 8.92. The summed E-state index contributed by atoms with van der Waals surface area (Å²) in [6, 6.07) is 5.85. The Morgan fingerprint density at radius 3 is 2.83 bits per heavy atom. The van der Waals surface area contributed by atoms with E-state index in [4.69, 9.17) is 0 Å². The molecule has 5 nitrogen and oxygen atoms in total. The van der Waals surface area contributed by atoms with Gasteiger partial charge in [0.25, 0.3) is 0 Å². The highest BCUT2D eigenvalue weighted by Gasteiger charge is 2.11. The molecule has 3 rings (SSSR count). The van der Waals surface area contributed by atoms with Crippen molar-refractivity contribution in [1.82, 2.24) is 25.2 Å². The van der Waals surface area contributed by atoms with Gasteiger partial charge >= 0.3 is 0 Å². The van der Waals surface area contributed by atoms with Crippen molar-refractivity contribution in [3.8, 4) is 11.5 Å². The minimum atomic E-state index is 0.848. The highest BCUT2D eigenvalue weighted by molar-refractivity contribution is 5.48. The second-order valence-electron chi connectivity index (χ2n) is 4.50. The smallest absolute Gasteiger partial charge is 0.156 e. The predicted octanol–water partition coefficient (Wildman–Crippen LogP) is 0.877. The molecule has 18 heavy (non-hydrogen) atoms. The molecule has 5 heteroatoms. The Hall–Kier alpha value is -1.72. The van der Waals surface area contributed by atoms with Gasteiger partial charge in [0.2, 0.25) is 0 Å². The summed E-state index contributed by atoms with van der Waals surface area (Å²) in [5, 5.41) is 3.35. The normalized spacial score (nSPS) is 16.9. The van der Waals surface area contributed by atoms with Gasteiger partial charge in [-0.2, -0.15) is 0 Å². The van der Waals surface area contributed by atoms with Crippen molar-refractivity contribution in [2.75, 3.05) is 26.2 Å². The van der Waals surface area contributed by atoms with Crippen molar-refractivity contribution in [1.29, 1.82) is 0 Å². The highest BCUT2D eigenvalue weighted by Crippen LogP contribution is 2.13. The molecule has 0 atom stereocenters. The van der Waals surface area contributed by atoms with Crippen molar-refractivity contribution < 1.29 is 0 Å². The monoisotopic (exact) mass is 243 g/mol. The van der Waals surface area contributed by atoms with Crippen LogP contribution in [-0.2, 0) is 6.54 Å². The largest absolute Gasteiger partial charge is 0.339 e. The number of nitrogens with zero attached hydrogens (tertiary/aromatic N) is 3. The number of hydrogen-bond acceptors (Lipinski definition) is 4. The lowest BCUT2D eigenvalue weighted by Gasteiger charge is -2.26. The van der Waals surface area contributed by atoms with E-state index in [1.54, 1.807) is 6.20 Å². The number of piperazine rings is 1. The standard InChI is InChI=1S/C13H17N5/c1-2-4-15-12(3-1)13-16-9-11(17-13)10-18-7-5-14-6-8-18/h1-4,9,14H,5-8,10H2,(H,16,17). The second-order valence-corrected chi connectivity index (χ2v) is 4.50. The van der Waals surface area contributed by atoms with E-state index in [-0.39, 0.29) is 0 Å². The molecule has 3 heterocycles. The van der Waals surface area contributed by atoms with Crippen LogP contribution in [0.4, 0.5) is 0 Å². The van der Waals surface area contributed by atoms with Gasteiger partial charge < -0.3 is 10.3 Å². The molecule has 0 saturated carbocycles. The fourth-order valence-corrected chi connectivity index (χ4v) is 2.18. The summed E-state index contributed by atoms with van der Waals surface area (Å²) in [4.78, 5) is 14.4. The molecule has 2 N–H and O–H groups in total. The molecule has 94 valence electrons. The first-order valence-electron chi connectivity index (χ1n) is 6.30. The number of aromatic amines is 1. The van der Waals surface area contributed by atoms with Crippen molar-refractivity contribution in [2.45, 2.75) is 6.54 Å². The second kappa shape index (κ2) is 5.29. The molecule has 2 aromatic rings. The average molecular weight is 243 g/mol. The molecule has 0 radical (unpaired) electrons. The zero-order chi connectivity index (χ0) is 12.2. The van der Waals surface area contributed by atoms with Gasteiger partial charge in [0.1, 0.15) is 5.69 Å². The molecule has 0 amide bonds. The first kappa shape index (κ1) is 11.4. The third kappa shape index (κ3) is 2.57. The summed E-state index contributed by atoms with van der Waals surface area (Å²) in [6.07, 6.45) is 3.69. The minimum absolute atomic E-state index is 0.848. The molecular weight excluding hydrogens is 226 g/mol. The van der Waals surface area contributed by atoms with Crippen LogP contribution in [0.5, 0.6) is 0 Å². The van der Waals surface area contributed by atoms with Crippen molar-refractivity contribution in [3.05, 3.63) is 36.3 Å². The average Bonchev–Trinajstić information content (AvgIpc) is 2.89. The maximum absolute atomic E-state index is 4.39. The SMILES string of the molecule is c1ccc(-c2ncc(CN3CCNCC3)[nH]2)nc1. The van der Waals surface area contributed by atoms with Gasteiger partial charge in [0.15, 0.2) is 5.82 Å². The van der Waals surface area contributed by atoms with E-state index in [0.29, 0.717) is 0 Å². The molecule has 1 aliphatic heterocycles. The molecule has 1 fully saturated rings. The fraction of sp³-hybridized carbons (Fsp3) is 0.385. The molecule has 1 saturated heterocycles. The van der Waals surface area contributed by atoms with Gasteiger partial charge in [-0.15, -0.1) is 0 Å². The van der Waals surface area contributed by atoms with Crippen LogP contribution < -0.4 is 5.32 Å². The Balaban J connectivity index is 1.69. The van der Waals surface area contributed by atoms with Crippen molar-refractivity contribution >= 4 is 0 Å². The van der Waals surface area contributed by atoms with Gasteiger partial charge in [-0.1, -0.05) is 6.07 Å². The molecule has 0 aliphatic carbocycles. The van der Waals surface area contributed by atoms with Crippen molar-refractivity contribution in [3.63, 3.8) is 0 Å². The van der Waals surface area contributed by atoms with Crippen LogP contribution in [0.1, 0.15) is 5.69 Å². The molecule has 1 aliphatic rings. The lowest BCUT2D eigenvalue weighted by atomic mass is 10.3. The Morgan fingerprint density at radius 1 is 1.17 bits per heavy atom. The lowest BCUT2D eigenvalue weighted by molar-refractivity contribution is 0.231. The van der Waals surface area contributed by atoms with Crippen LogP contribution in [0.15, 0.2) is 30.6 Å². The van der Waals surface area contributed by atoms with E-state index < -0.39 is 0 Å². The maximum Gasteiger partial charge on any atom is 0.156 e. The van der Waals surface area contributed by atoms with Crippen molar-refractivity contribution in [2.24, 2.45) is 0 Å². The van der Waals surface area contributed by atoms with E-state index >= 15 is 0 Å². The first-order valence-corrected chi connectivity index (χ1v) is 6.30. The highest BCUT2D eigenvalue weighted by atomic mass is 15.2. The Bertz CT molecular complexity index is 487. The molecule has 0 spiro atoms. The van der Waals surface area contributed by atoms with Gasteiger partial charge in [0.05, 0.1) is 6.20 Å². The zero-order valence-electron chi connectivity index (χ0n) is 10.3. The Kier molecular flexibility index (Phi) is 3.34. The van der Waals surface area contributed by atoms with Crippen LogP contribution in [0.3, 0.4) is 0 Å². The van der Waals surface area contributed by atoms with E-state index in [2.05, 4.69) is 25.2 Å². The summed E-state index contributed by atoms with van der Waals surface area (Å²) in [6.45, 7) is 5.26. The number of aromatic nitrogens is 3. The molecule has 0 bridgehead atoms. The fourth-order valence-electron chi connectivity index (χ4n) is 2.18. The van der Waals surface area contributed by atoms with Crippen LogP contribution in [0.25, 0.3) is 11.5 Å². The quantitative estimate of drug-likeness (QED) is 0.840. The molecule has 0 unspecified atom stereocenters. The summed E-state index contributed by atoms with van der Waals surface area (Å²) in [7, 11) is 0. The number of imidazole rings is 1. The number of nitrogens with one attached hydrogen (secondary N) is 2. The number of H-pyrrole nitrogens is 1. The minimum Gasteiger partial charge on any atom is -0.339 e. The van der Waals surface area contributed by atoms with Crippen LogP contribution in [0, 0.1) is 0 Å². The number of hydrogen-bond donors (Lipinski definition) is 2. The summed E-state index contributed by atoms with van der Waals surface area (Å²) in [5.41, 5.74) is 2.04. The van der Waals surface area contributed by atoms with Crippen LogP contribution in [-0.4, -0.2) is 46.0 Å². The third-order valence-electron chi connectivity index (χ3n) is 3.14. The molecule has 2 aromatic heterocycles. The molecule has 0 aromatic carbocycles. The summed E-state index contributed by atoms with van der Waals surface area (Å²) >= 11 is 0. The third-order valence-corrected chi connectivity index (χ3v) is 3.14. The van der Waals surface area contributed by atoms with E-state index in [9.17, 15) is 0 Å². The molecular formula is C13H17N5. The number of pyridine rings is 1. The van der Waals surface area contributed by atoms with E-state index in [1.807, 2.05) is 24.4 Å². The van der Waals surface area contributed by atoms with E-state index in [0.717, 1.165) is 49.9 Å².